The van der Waals surface area contributed by atoms with Crippen LogP contribution in [-0.2, 0) is 4.74 Å². The fraction of sp³-hybridized carbons (Fsp3) is 1.00. The SMILES string of the molecule is CC(C)C(C)OCCCCCS. The van der Waals surface area contributed by atoms with E-state index in [0.717, 1.165) is 12.4 Å². The van der Waals surface area contributed by atoms with Crippen LogP contribution in [0.2, 0.25) is 0 Å². The minimum Gasteiger partial charge on any atom is -0.378 e. The summed E-state index contributed by atoms with van der Waals surface area (Å²) in [5, 5.41) is 0. The first-order valence-corrected chi connectivity index (χ1v) is 5.54. The van der Waals surface area contributed by atoms with E-state index in [1.54, 1.807) is 0 Å². The highest BCUT2D eigenvalue weighted by Crippen LogP contribution is 2.06. The molecule has 2 heteroatoms. The Hall–Kier alpha value is 0.310. The fourth-order valence-electron chi connectivity index (χ4n) is 0.852. The van der Waals surface area contributed by atoms with Crippen LogP contribution in [0.4, 0.5) is 0 Å². The predicted octanol–water partition coefficient (Wildman–Crippen LogP) is 3.15. The Labute approximate surface area is 82.3 Å². The highest BCUT2D eigenvalue weighted by atomic mass is 32.1. The Morgan fingerprint density at radius 2 is 1.75 bits per heavy atom. The summed E-state index contributed by atoms with van der Waals surface area (Å²) in [6.07, 6.45) is 4.04. The molecule has 0 fully saturated rings. The number of hydrogen-bond acceptors (Lipinski definition) is 2. The smallest absolute Gasteiger partial charge is 0.0569 e. The summed E-state index contributed by atoms with van der Waals surface area (Å²) in [5.41, 5.74) is 0. The van der Waals surface area contributed by atoms with Gasteiger partial charge in [0, 0.05) is 6.61 Å². The Bertz CT molecular complexity index is 93.8. The number of hydrogen-bond donors (Lipinski definition) is 1. The van der Waals surface area contributed by atoms with Crippen LogP contribution in [0.25, 0.3) is 0 Å². The van der Waals surface area contributed by atoms with Crippen molar-refractivity contribution in [3.05, 3.63) is 0 Å². The van der Waals surface area contributed by atoms with Crippen molar-refractivity contribution in [3.8, 4) is 0 Å². The van der Waals surface area contributed by atoms with Gasteiger partial charge in [-0.3, -0.25) is 0 Å². The second-order valence-electron chi connectivity index (χ2n) is 3.60. The third-order valence-electron chi connectivity index (χ3n) is 2.12. The van der Waals surface area contributed by atoms with E-state index in [4.69, 9.17) is 4.74 Å². The molecule has 0 N–H and O–H groups in total. The van der Waals surface area contributed by atoms with Gasteiger partial charge in [-0.25, -0.2) is 0 Å². The average molecular weight is 190 g/mol. The molecule has 0 aliphatic carbocycles. The van der Waals surface area contributed by atoms with E-state index in [2.05, 4.69) is 33.4 Å². The first-order chi connectivity index (χ1) is 5.68. The minimum atomic E-state index is 0.404. The lowest BCUT2D eigenvalue weighted by molar-refractivity contribution is 0.0334. The van der Waals surface area contributed by atoms with E-state index >= 15 is 0 Å². The van der Waals surface area contributed by atoms with Crippen LogP contribution in [0.3, 0.4) is 0 Å². The van der Waals surface area contributed by atoms with Gasteiger partial charge in [-0.05, 0) is 31.4 Å². The normalized spacial score (nSPS) is 13.8. The van der Waals surface area contributed by atoms with Crippen molar-refractivity contribution >= 4 is 12.6 Å². The zero-order valence-electron chi connectivity index (χ0n) is 8.55. The van der Waals surface area contributed by atoms with Gasteiger partial charge >= 0.3 is 0 Å². The van der Waals surface area contributed by atoms with Crippen LogP contribution >= 0.6 is 12.6 Å². The van der Waals surface area contributed by atoms with Gasteiger partial charge in [0.1, 0.15) is 0 Å². The molecular formula is C10H22OS. The molecule has 0 aliphatic rings. The van der Waals surface area contributed by atoms with Gasteiger partial charge in [0.2, 0.25) is 0 Å². The second kappa shape index (κ2) is 7.93. The van der Waals surface area contributed by atoms with E-state index in [1.165, 1.54) is 19.3 Å². The molecule has 0 aliphatic heterocycles. The van der Waals surface area contributed by atoms with Gasteiger partial charge in [-0.2, -0.15) is 12.6 Å². The summed E-state index contributed by atoms with van der Waals surface area (Å²) >= 11 is 4.16. The highest BCUT2D eigenvalue weighted by molar-refractivity contribution is 7.80. The predicted molar refractivity (Wildman–Crippen MR) is 58.0 cm³/mol. The van der Waals surface area contributed by atoms with Gasteiger partial charge in [-0.1, -0.05) is 20.3 Å². The van der Waals surface area contributed by atoms with Gasteiger partial charge in [-0.15, -0.1) is 0 Å². The molecule has 0 radical (unpaired) electrons. The Morgan fingerprint density at radius 1 is 1.08 bits per heavy atom. The molecule has 0 saturated carbocycles. The molecule has 0 heterocycles. The van der Waals surface area contributed by atoms with E-state index < -0.39 is 0 Å². The van der Waals surface area contributed by atoms with Crippen molar-refractivity contribution in [2.75, 3.05) is 12.4 Å². The minimum absolute atomic E-state index is 0.404. The number of rotatable bonds is 7. The maximum atomic E-state index is 5.63. The van der Waals surface area contributed by atoms with Crippen molar-refractivity contribution in [3.63, 3.8) is 0 Å². The molecule has 0 amide bonds. The largest absolute Gasteiger partial charge is 0.378 e. The van der Waals surface area contributed by atoms with E-state index in [-0.39, 0.29) is 0 Å². The number of thiol groups is 1. The molecule has 74 valence electrons. The molecule has 1 nitrogen and oxygen atoms in total. The molecule has 0 spiro atoms. The Kier molecular flexibility index (Phi) is 8.14. The molecule has 0 aromatic rings. The van der Waals surface area contributed by atoms with Crippen molar-refractivity contribution < 1.29 is 4.74 Å². The van der Waals surface area contributed by atoms with Crippen LogP contribution in [0.1, 0.15) is 40.0 Å². The molecule has 0 aromatic heterocycles. The lowest BCUT2D eigenvalue weighted by Gasteiger charge is -2.16. The first-order valence-electron chi connectivity index (χ1n) is 4.91. The molecule has 1 unspecified atom stereocenters. The molecule has 0 rings (SSSR count). The van der Waals surface area contributed by atoms with Crippen LogP contribution in [-0.4, -0.2) is 18.5 Å². The number of ether oxygens (including phenoxy) is 1. The zero-order chi connectivity index (χ0) is 9.40. The zero-order valence-corrected chi connectivity index (χ0v) is 9.44. The highest BCUT2D eigenvalue weighted by Gasteiger charge is 2.05. The van der Waals surface area contributed by atoms with Crippen molar-refractivity contribution in [2.24, 2.45) is 5.92 Å². The number of unbranched alkanes of at least 4 members (excludes halogenated alkanes) is 2. The van der Waals surface area contributed by atoms with Crippen molar-refractivity contribution in [1.82, 2.24) is 0 Å². The summed E-state index contributed by atoms with van der Waals surface area (Å²) in [4.78, 5) is 0. The van der Waals surface area contributed by atoms with Crippen LogP contribution in [0, 0.1) is 5.92 Å². The summed E-state index contributed by atoms with van der Waals surface area (Å²) < 4.78 is 5.63. The maximum absolute atomic E-state index is 5.63. The van der Waals surface area contributed by atoms with E-state index in [9.17, 15) is 0 Å². The average Bonchev–Trinajstić information content (AvgIpc) is 2.03. The van der Waals surface area contributed by atoms with Gasteiger partial charge in [0.25, 0.3) is 0 Å². The summed E-state index contributed by atoms with van der Waals surface area (Å²) in [6.45, 7) is 7.44. The third-order valence-corrected chi connectivity index (χ3v) is 2.44. The lowest BCUT2D eigenvalue weighted by atomic mass is 10.1. The molecule has 0 aromatic carbocycles. The standard InChI is InChI=1S/C10H22OS/c1-9(2)10(3)11-7-5-4-6-8-12/h9-10,12H,4-8H2,1-3H3. The van der Waals surface area contributed by atoms with Crippen molar-refractivity contribution in [2.45, 2.75) is 46.1 Å². The second-order valence-corrected chi connectivity index (χ2v) is 4.05. The molecule has 0 saturated heterocycles. The molecule has 0 bridgehead atoms. The Balaban J connectivity index is 3.08. The Morgan fingerprint density at radius 3 is 2.25 bits per heavy atom. The van der Waals surface area contributed by atoms with Crippen molar-refractivity contribution in [1.29, 1.82) is 0 Å². The maximum Gasteiger partial charge on any atom is 0.0569 e. The lowest BCUT2D eigenvalue weighted by Crippen LogP contribution is -2.15. The van der Waals surface area contributed by atoms with Gasteiger partial charge in [0.05, 0.1) is 6.10 Å². The summed E-state index contributed by atoms with van der Waals surface area (Å²) in [5.74, 6) is 1.63. The molecule has 1 atom stereocenters. The molecule has 12 heavy (non-hydrogen) atoms. The summed E-state index contributed by atoms with van der Waals surface area (Å²) in [6, 6.07) is 0. The van der Waals surface area contributed by atoms with Crippen LogP contribution in [0.5, 0.6) is 0 Å². The topological polar surface area (TPSA) is 9.23 Å². The van der Waals surface area contributed by atoms with E-state index in [1.807, 2.05) is 0 Å². The van der Waals surface area contributed by atoms with Crippen LogP contribution in [0.15, 0.2) is 0 Å². The summed E-state index contributed by atoms with van der Waals surface area (Å²) in [7, 11) is 0. The first kappa shape index (κ1) is 12.3. The quantitative estimate of drug-likeness (QED) is 0.479. The third kappa shape index (κ3) is 6.99. The fourth-order valence-corrected chi connectivity index (χ4v) is 1.08. The van der Waals surface area contributed by atoms with Gasteiger partial charge in [0.15, 0.2) is 0 Å². The van der Waals surface area contributed by atoms with Crippen LogP contribution < -0.4 is 0 Å². The molecular weight excluding hydrogens is 168 g/mol. The van der Waals surface area contributed by atoms with Gasteiger partial charge < -0.3 is 4.74 Å². The van der Waals surface area contributed by atoms with E-state index in [0.29, 0.717) is 12.0 Å². The monoisotopic (exact) mass is 190 g/mol.